The number of rotatable bonds is 0. The van der Waals surface area contributed by atoms with Gasteiger partial charge in [-0.05, 0) is 18.1 Å². The van der Waals surface area contributed by atoms with Gasteiger partial charge in [0, 0.05) is 18.8 Å². The van der Waals surface area contributed by atoms with Crippen molar-refractivity contribution in [3.8, 4) is 0 Å². The minimum absolute atomic E-state index is 0.130. The second-order valence-corrected chi connectivity index (χ2v) is 4.07. The summed E-state index contributed by atoms with van der Waals surface area (Å²) < 4.78 is 0. The predicted octanol–water partition coefficient (Wildman–Crippen LogP) is 1.00. The molecule has 0 aromatic heterocycles. The van der Waals surface area contributed by atoms with Crippen molar-refractivity contribution in [1.29, 1.82) is 0 Å². The molecule has 3 rings (SSSR count). The second-order valence-electron chi connectivity index (χ2n) is 4.07. The molecule has 2 N–H and O–H groups in total. The van der Waals surface area contributed by atoms with Crippen LogP contribution in [0.1, 0.15) is 12.0 Å². The molecule has 3 nitrogen and oxygen atoms in total. The fourth-order valence-corrected chi connectivity index (χ4v) is 2.38. The highest BCUT2D eigenvalue weighted by Crippen LogP contribution is 2.30. The molecule has 0 amide bonds. The van der Waals surface area contributed by atoms with E-state index in [9.17, 15) is 5.11 Å². The average Bonchev–Trinajstić information content (AvgIpc) is 2.57. The fraction of sp³-hybridized carbons (Fsp3) is 0.455. The van der Waals surface area contributed by atoms with Crippen LogP contribution in [0.2, 0.25) is 0 Å². The van der Waals surface area contributed by atoms with E-state index < -0.39 is 0 Å². The zero-order valence-electron chi connectivity index (χ0n) is 7.98. The number of hydrogen-bond acceptors (Lipinski definition) is 3. The molecule has 14 heavy (non-hydrogen) atoms. The van der Waals surface area contributed by atoms with Crippen molar-refractivity contribution in [1.82, 2.24) is 4.90 Å². The molecule has 0 aliphatic carbocycles. The van der Waals surface area contributed by atoms with Crippen molar-refractivity contribution in [3.63, 3.8) is 0 Å². The van der Waals surface area contributed by atoms with Crippen molar-refractivity contribution < 1.29 is 5.11 Å². The lowest BCUT2D eigenvalue weighted by Crippen LogP contribution is -2.44. The van der Waals surface area contributed by atoms with E-state index in [1.54, 1.807) is 0 Å². The quantitative estimate of drug-likeness (QED) is 0.640. The minimum atomic E-state index is -0.219. The van der Waals surface area contributed by atoms with Crippen LogP contribution in [0.3, 0.4) is 0 Å². The molecule has 3 heteroatoms. The fourth-order valence-electron chi connectivity index (χ4n) is 2.38. The van der Waals surface area contributed by atoms with Gasteiger partial charge in [-0.1, -0.05) is 18.2 Å². The molecule has 1 aromatic carbocycles. The summed E-state index contributed by atoms with van der Waals surface area (Å²) >= 11 is 0. The lowest BCUT2D eigenvalue weighted by atomic mass is 10.1. The van der Waals surface area contributed by atoms with Gasteiger partial charge in [-0.15, -0.1) is 0 Å². The molecule has 0 bridgehead atoms. The molecule has 1 saturated heterocycles. The van der Waals surface area contributed by atoms with Gasteiger partial charge >= 0.3 is 0 Å². The summed E-state index contributed by atoms with van der Waals surface area (Å²) in [6, 6.07) is 8.32. The first-order valence-corrected chi connectivity index (χ1v) is 5.11. The number of hydrogen-bond donors (Lipinski definition) is 2. The maximum atomic E-state index is 9.75. The van der Waals surface area contributed by atoms with Crippen LogP contribution in [0.4, 0.5) is 5.69 Å². The van der Waals surface area contributed by atoms with Gasteiger partial charge in [0.25, 0.3) is 0 Å². The Morgan fingerprint density at radius 3 is 3.14 bits per heavy atom. The maximum Gasteiger partial charge on any atom is 0.106 e. The van der Waals surface area contributed by atoms with Crippen LogP contribution in [-0.2, 0) is 6.54 Å². The largest absolute Gasteiger partial charge is 0.390 e. The number of fused-ring (bicyclic) bond motifs is 2. The van der Waals surface area contributed by atoms with E-state index in [-0.39, 0.29) is 12.3 Å². The van der Waals surface area contributed by atoms with Crippen molar-refractivity contribution in [2.24, 2.45) is 0 Å². The van der Waals surface area contributed by atoms with Gasteiger partial charge in [-0.2, -0.15) is 0 Å². The zero-order chi connectivity index (χ0) is 9.54. The van der Waals surface area contributed by atoms with Crippen LogP contribution in [-0.4, -0.2) is 28.8 Å². The summed E-state index contributed by atoms with van der Waals surface area (Å²) in [5.41, 5.74) is 2.51. The van der Waals surface area contributed by atoms with Gasteiger partial charge in [0.2, 0.25) is 0 Å². The third kappa shape index (κ3) is 1.13. The van der Waals surface area contributed by atoms with E-state index in [0.29, 0.717) is 0 Å². The lowest BCUT2D eigenvalue weighted by molar-refractivity contribution is 0.124. The summed E-state index contributed by atoms with van der Waals surface area (Å²) in [6.07, 6.45) is 0.791. The molecule has 2 aliphatic heterocycles. The van der Waals surface area contributed by atoms with Gasteiger partial charge in [0.15, 0.2) is 0 Å². The Bertz CT molecular complexity index is 353. The first-order valence-electron chi connectivity index (χ1n) is 5.11. The van der Waals surface area contributed by atoms with Crippen LogP contribution in [0.25, 0.3) is 0 Å². The van der Waals surface area contributed by atoms with Crippen LogP contribution in [0.15, 0.2) is 24.3 Å². The first-order chi connectivity index (χ1) is 6.84. The summed E-state index contributed by atoms with van der Waals surface area (Å²) in [5, 5.41) is 13.1. The molecule has 0 radical (unpaired) electrons. The zero-order valence-corrected chi connectivity index (χ0v) is 7.98. The van der Waals surface area contributed by atoms with Crippen LogP contribution >= 0.6 is 0 Å². The Kier molecular flexibility index (Phi) is 1.75. The van der Waals surface area contributed by atoms with Gasteiger partial charge in [-0.3, -0.25) is 4.90 Å². The number of anilines is 1. The monoisotopic (exact) mass is 190 g/mol. The van der Waals surface area contributed by atoms with Gasteiger partial charge in [0.05, 0.1) is 6.10 Å². The maximum absolute atomic E-state index is 9.75. The van der Waals surface area contributed by atoms with Crippen molar-refractivity contribution in [3.05, 3.63) is 29.8 Å². The number of para-hydroxylation sites is 1. The molecule has 0 unspecified atom stereocenters. The van der Waals surface area contributed by atoms with Gasteiger partial charge in [-0.25, -0.2) is 0 Å². The SMILES string of the molecule is O[C@H]1CCN2Cc3ccccc3N[C@@H]12. The molecule has 0 spiro atoms. The lowest BCUT2D eigenvalue weighted by Gasteiger charge is -2.34. The molecular formula is C11H14N2O. The van der Waals surface area contributed by atoms with Gasteiger partial charge < -0.3 is 10.4 Å². The van der Waals surface area contributed by atoms with Crippen LogP contribution in [0.5, 0.6) is 0 Å². The molecule has 1 fully saturated rings. The minimum Gasteiger partial charge on any atom is -0.390 e. The standard InChI is InChI=1S/C11H14N2O/c14-10-5-6-13-7-8-3-1-2-4-9(8)12-11(10)13/h1-4,10-12,14H,5-7H2/t10-,11+/m0/s1. The summed E-state index contributed by atoms with van der Waals surface area (Å²) in [5.74, 6) is 0. The van der Waals surface area contributed by atoms with Gasteiger partial charge in [0.1, 0.15) is 6.17 Å². The van der Waals surface area contributed by atoms with E-state index in [1.165, 1.54) is 11.3 Å². The second kappa shape index (κ2) is 2.97. The van der Waals surface area contributed by atoms with Crippen molar-refractivity contribution in [2.45, 2.75) is 25.2 Å². The normalized spacial score (nSPS) is 30.6. The Morgan fingerprint density at radius 1 is 1.36 bits per heavy atom. The summed E-state index contributed by atoms with van der Waals surface area (Å²) in [6.45, 7) is 1.96. The molecular weight excluding hydrogens is 176 g/mol. The topological polar surface area (TPSA) is 35.5 Å². The van der Waals surface area contributed by atoms with E-state index >= 15 is 0 Å². The van der Waals surface area contributed by atoms with E-state index in [1.807, 2.05) is 6.07 Å². The predicted molar refractivity (Wildman–Crippen MR) is 54.9 cm³/mol. The number of nitrogens with zero attached hydrogens (tertiary/aromatic N) is 1. The first kappa shape index (κ1) is 8.26. The average molecular weight is 190 g/mol. The highest BCUT2D eigenvalue weighted by Gasteiger charge is 2.35. The third-order valence-corrected chi connectivity index (χ3v) is 3.16. The van der Waals surface area contributed by atoms with E-state index in [2.05, 4.69) is 28.4 Å². The molecule has 0 saturated carbocycles. The highest BCUT2D eigenvalue weighted by molar-refractivity contribution is 5.53. The Morgan fingerprint density at radius 2 is 2.21 bits per heavy atom. The Labute approximate surface area is 83.3 Å². The highest BCUT2D eigenvalue weighted by atomic mass is 16.3. The smallest absolute Gasteiger partial charge is 0.106 e. The van der Waals surface area contributed by atoms with E-state index in [0.717, 1.165) is 19.5 Å². The summed E-state index contributed by atoms with van der Waals surface area (Å²) in [7, 11) is 0. The Hall–Kier alpha value is -1.06. The number of nitrogens with one attached hydrogen (secondary N) is 1. The van der Waals surface area contributed by atoms with Crippen LogP contribution in [0, 0.1) is 0 Å². The van der Waals surface area contributed by atoms with E-state index in [4.69, 9.17) is 0 Å². The molecule has 2 heterocycles. The number of benzene rings is 1. The molecule has 2 aliphatic rings. The summed E-state index contributed by atoms with van der Waals surface area (Å²) in [4.78, 5) is 2.30. The van der Waals surface area contributed by atoms with Crippen LogP contribution < -0.4 is 5.32 Å². The molecule has 1 aromatic rings. The number of aliphatic hydroxyl groups is 1. The number of aliphatic hydroxyl groups excluding tert-OH is 1. The Balaban J connectivity index is 1.95. The van der Waals surface area contributed by atoms with Crippen molar-refractivity contribution in [2.75, 3.05) is 11.9 Å². The molecule has 74 valence electrons. The third-order valence-electron chi connectivity index (χ3n) is 3.16. The molecule has 2 atom stereocenters. The van der Waals surface area contributed by atoms with Crippen molar-refractivity contribution >= 4 is 5.69 Å².